The Labute approximate surface area is 85.8 Å². The number of carbonyl (C=O) groups excluding carboxylic acids is 1. The van der Waals surface area contributed by atoms with Gasteiger partial charge >= 0.3 is 0 Å². The maximum atomic E-state index is 12.2. The lowest BCUT2D eigenvalue weighted by molar-refractivity contribution is -0.138. The Morgan fingerprint density at radius 1 is 1.36 bits per heavy atom. The van der Waals surface area contributed by atoms with Gasteiger partial charge in [-0.05, 0) is 46.6 Å². The van der Waals surface area contributed by atoms with Gasteiger partial charge in [0.05, 0.1) is 5.54 Å². The molecule has 1 unspecified atom stereocenters. The zero-order chi connectivity index (χ0) is 10.3. The molecule has 0 spiro atoms. The molecule has 1 aliphatic carbocycles. The van der Waals surface area contributed by atoms with E-state index in [2.05, 4.69) is 17.1 Å². The smallest absolute Gasteiger partial charge is 0.242 e. The first kappa shape index (κ1) is 9.97. The van der Waals surface area contributed by atoms with Crippen molar-refractivity contribution in [1.29, 1.82) is 0 Å². The van der Waals surface area contributed by atoms with Gasteiger partial charge in [-0.2, -0.15) is 0 Å². The van der Waals surface area contributed by atoms with Crippen LogP contribution in [0.4, 0.5) is 0 Å². The summed E-state index contributed by atoms with van der Waals surface area (Å²) in [6, 6.07) is 0.945. The lowest BCUT2D eigenvalue weighted by Gasteiger charge is -2.32. The fourth-order valence-electron chi connectivity index (χ4n) is 2.21. The molecule has 0 radical (unpaired) electrons. The highest BCUT2D eigenvalue weighted by Gasteiger charge is 2.43. The van der Waals surface area contributed by atoms with Crippen LogP contribution in [0.5, 0.6) is 0 Å². The average molecular weight is 196 g/mol. The third-order valence-corrected chi connectivity index (χ3v) is 3.31. The minimum atomic E-state index is -0.368. The Hall–Kier alpha value is -0.570. The molecule has 1 aliphatic heterocycles. The summed E-state index contributed by atoms with van der Waals surface area (Å²) in [6.45, 7) is 7.09. The average Bonchev–Trinajstić information content (AvgIpc) is 2.86. The van der Waals surface area contributed by atoms with Gasteiger partial charge in [-0.3, -0.25) is 4.79 Å². The minimum absolute atomic E-state index is 0.282. The molecule has 14 heavy (non-hydrogen) atoms. The molecule has 80 valence electrons. The largest absolute Gasteiger partial charge is 0.335 e. The highest BCUT2D eigenvalue weighted by Crippen LogP contribution is 2.32. The fourth-order valence-corrected chi connectivity index (χ4v) is 2.21. The molecule has 2 rings (SSSR count). The van der Waals surface area contributed by atoms with Crippen LogP contribution in [-0.4, -0.2) is 35.0 Å². The van der Waals surface area contributed by atoms with Crippen LogP contribution in [-0.2, 0) is 4.79 Å². The summed E-state index contributed by atoms with van der Waals surface area (Å²) in [6.07, 6.45) is 3.48. The Morgan fingerprint density at radius 2 is 2.00 bits per heavy atom. The summed E-state index contributed by atoms with van der Waals surface area (Å²) < 4.78 is 0. The second kappa shape index (κ2) is 3.23. The summed E-state index contributed by atoms with van der Waals surface area (Å²) in [5, 5.41) is 3.32. The number of nitrogens with one attached hydrogen (secondary N) is 1. The molecule has 1 atom stereocenters. The van der Waals surface area contributed by atoms with Gasteiger partial charge in [-0.25, -0.2) is 0 Å². The van der Waals surface area contributed by atoms with E-state index in [-0.39, 0.29) is 11.4 Å². The molecule has 0 aromatic heterocycles. The van der Waals surface area contributed by atoms with Crippen molar-refractivity contribution in [2.75, 3.05) is 6.54 Å². The Balaban J connectivity index is 2.20. The Morgan fingerprint density at radius 3 is 2.57 bits per heavy atom. The molecule has 1 N–H and O–H groups in total. The molecule has 0 bridgehead atoms. The van der Waals surface area contributed by atoms with Crippen molar-refractivity contribution < 1.29 is 4.79 Å². The second-order valence-electron chi connectivity index (χ2n) is 5.13. The summed E-state index contributed by atoms with van der Waals surface area (Å²) in [7, 11) is 0. The standard InChI is InChI=1S/C11H20N2O/c1-8-6-7-12-11(2,3)10(14)13(8)9-4-5-9/h8-9,12H,4-7H2,1-3H3. The van der Waals surface area contributed by atoms with Crippen molar-refractivity contribution in [1.82, 2.24) is 10.2 Å². The lowest BCUT2D eigenvalue weighted by atomic mass is 10.0. The molecule has 1 saturated carbocycles. The third kappa shape index (κ3) is 1.65. The van der Waals surface area contributed by atoms with E-state index in [1.807, 2.05) is 13.8 Å². The molecule has 1 amide bonds. The van der Waals surface area contributed by atoms with E-state index >= 15 is 0 Å². The summed E-state index contributed by atoms with van der Waals surface area (Å²) in [4.78, 5) is 14.3. The molecule has 3 heteroatoms. The summed E-state index contributed by atoms with van der Waals surface area (Å²) in [5.74, 6) is 0.282. The van der Waals surface area contributed by atoms with Crippen LogP contribution in [0.15, 0.2) is 0 Å². The predicted octanol–water partition coefficient (Wildman–Crippen LogP) is 1.14. The van der Waals surface area contributed by atoms with Gasteiger partial charge in [-0.1, -0.05) is 0 Å². The van der Waals surface area contributed by atoms with Crippen molar-refractivity contribution in [3.63, 3.8) is 0 Å². The van der Waals surface area contributed by atoms with Gasteiger partial charge in [0.2, 0.25) is 5.91 Å². The SMILES string of the molecule is CC1CCNC(C)(C)C(=O)N1C1CC1. The van der Waals surface area contributed by atoms with Crippen LogP contribution >= 0.6 is 0 Å². The lowest BCUT2D eigenvalue weighted by Crippen LogP contribution is -2.53. The van der Waals surface area contributed by atoms with E-state index in [0.29, 0.717) is 12.1 Å². The molecule has 1 heterocycles. The van der Waals surface area contributed by atoms with Crippen LogP contribution in [0.1, 0.15) is 40.0 Å². The quantitative estimate of drug-likeness (QED) is 0.682. The predicted molar refractivity (Wildman–Crippen MR) is 56.0 cm³/mol. The number of hydrogen-bond donors (Lipinski definition) is 1. The summed E-state index contributed by atoms with van der Waals surface area (Å²) in [5.41, 5.74) is -0.368. The fraction of sp³-hybridized carbons (Fsp3) is 0.909. The van der Waals surface area contributed by atoms with Crippen molar-refractivity contribution in [2.24, 2.45) is 0 Å². The van der Waals surface area contributed by atoms with Gasteiger partial charge in [-0.15, -0.1) is 0 Å². The van der Waals surface area contributed by atoms with Gasteiger partial charge in [0.25, 0.3) is 0 Å². The highest BCUT2D eigenvalue weighted by molar-refractivity contribution is 5.86. The number of carbonyl (C=O) groups is 1. The molecule has 3 nitrogen and oxygen atoms in total. The number of hydrogen-bond acceptors (Lipinski definition) is 2. The molecular formula is C11H20N2O. The van der Waals surface area contributed by atoms with Crippen LogP contribution in [0, 0.1) is 0 Å². The molecule has 1 saturated heterocycles. The zero-order valence-electron chi connectivity index (χ0n) is 9.34. The van der Waals surface area contributed by atoms with Crippen molar-refractivity contribution >= 4 is 5.91 Å². The maximum Gasteiger partial charge on any atom is 0.242 e. The van der Waals surface area contributed by atoms with E-state index < -0.39 is 0 Å². The van der Waals surface area contributed by atoms with E-state index in [1.165, 1.54) is 12.8 Å². The second-order valence-corrected chi connectivity index (χ2v) is 5.13. The van der Waals surface area contributed by atoms with E-state index in [1.54, 1.807) is 0 Å². The van der Waals surface area contributed by atoms with E-state index in [9.17, 15) is 4.79 Å². The topological polar surface area (TPSA) is 32.3 Å². The molecule has 2 fully saturated rings. The Bertz CT molecular complexity index is 246. The van der Waals surface area contributed by atoms with Gasteiger partial charge in [0.1, 0.15) is 0 Å². The van der Waals surface area contributed by atoms with Gasteiger partial charge < -0.3 is 10.2 Å². The minimum Gasteiger partial charge on any atom is -0.335 e. The number of nitrogens with zero attached hydrogens (tertiary/aromatic N) is 1. The first-order chi connectivity index (χ1) is 6.52. The number of rotatable bonds is 1. The summed E-state index contributed by atoms with van der Waals surface area (Å²) >= 11 is 0. The van der Waals surface area contributed by atoms with Crippen LogP contribution in [0.25, 0.3) is 0 Å². The monoisotopic (exact) mass is 196 g/mol. The maximum absolute atomic E-state index is 12.2. The molecule has 0 aromatic rings. The van der Waals surface area contributed by atoms with Crippen LogP contribution in [0.3, 0.4) is 0 Å². The highest BCUT2D eigenvalue weighted by atomic mass is 16.2. The van der Waals surface area contributed by atoms with E-state index in [0.717, 1.165) is 13.0 Å². The molecule has 2 aliphatic rings. The van der Waals surface area contributed by atoms with Crippen LogP contribution in [0.2, 0.25) is 0 Å². The van der Waals surface area contributed by atoms with Gasteiger partial charge in [0, 0.05) is 12.1 Å². The van der Waals surface area contributed by atoms with Crippen LogP contribution < -0.4 is 5.32 Å². The molecular weight excluding hydrogens is 176 g/mol. The number of amides is 1. The molecule has 0 aromatic carbocycles. The first-order valence-electron chi connectivity index (χ1n) is 5.60. The normalized spacial score (nSPS) is 32.9. The first-order valence-corrected chi connectivity index (χ1v) is 5.60. The van der Waals surface area contributed by atoms with Crippen molar-refractivity contribution in [2.45, 2.75) is 57.7 Å². The third-order valence-electron chi connectivity index (χ3n) is 3.31. The van der Waals surface area contributed by atoms with Gasteiger partial charge in [0.15, 0.2) is 0 Å². The Kier molecular flexibility index (Phi) is 2.30. The van der Waals surface area contributed by atoms with Crippen molar-refractivity contribution in [3.8, 4) is 0 Å². The van der Waals surface area contributed by atoms with E-state index in [4.69, 9.17) is 0 Å². The van der Waals surface area contributed by atoms with Crippen molar-refractivity contribution in [3.05, 3.63) is 0 Å². The zero-order valence-corrected chi connectivity index (χ0v) is 9.34.